The number of carbonyl (C=O) groups excluding carboxylic acids is 1. The Bertz CT molecular complexity index is 635. The smallest absolute Gasteiger partial charge is 0.242 e. The monoisotopic (exact) mass is 296 g/mol. The fraction of sp³-hybridized carbons (Fsp3) is 0.333. The summed E-state index contributed by atoms with van der Waals surface area (Å²) < 4.78 is 26.4. The molecule has 0 saturated carbocycles. The van der Waals surface area contributed by atoms with E-state index in [2.05, 4.69) is 4.72 Å². The molecule has 0 spiro atoms. The molecular weight excluding hydrogens is 280 g/mol. The van der Waals surface area contributed by atoms with Gasteiger partial charge in [0.15, 0.2) is 0 Å². The van der Waals surface area contributed by atoms with Gasteiger partial charge in [-0.15, -0.1) is 0 Å². The van der Waals surface area contributed by atoms with E-state index in [0.717, 1.165) is 0 Å². The van der Waals surface area contributed by atoms with Gasteiger partial charge in [0.1, 0.15) is 4.90 Å². The number of nitriles is 1. The van der Waals surface area contributed by atoms with Gasteiger partial charge in [-0.25, -0.2) is 13.1 Å². The number of hydrogen-bond acceptors (Lipinski definition) is 5. The van der Waals surface area contributed by atoms with Gasteiger partial charge in [-0.3, -0.25) is 4.79 Å². The number of anilines is 1. The molecule has 0 aliphatic heterocycles. The number of unbranched alkanes of at least 4 members (excludes halogenated alkanes) is 1. The molecule has 1 aromatic rings. The number of nitrogens with one attached hydrogen (secondary N) is 1. The molecule has 108 valence electrons. The van der Waals surface area contributed by atoms with Gasteiger partial charge in [0.05, 0.1) is 17.3 Å². The second kappa shape index (κ2) is 6.88. The van der Waals surface area contributed by atoms with Crippen molar-refractivity contribution in [1.29, 1.82) is 5.26 Å². The molecule has 5 N–H and O–H groups in total. The van der Waals surface area contributed by atoms with Crippen LogP contribution in [0.2, 0.25) is 0 Å². The van der Waals surface area contributed by atoms with E-state index in [-0.39, 0.29) is 23.5 Å². The summed E-state index contributed by atoms with van der Waals surface area (Å²) in [5.41, 5.74) is 10.9. The zero-order valence-electron chi connectivity index (χ0n) is 10.8. The lowest BCUT2D eigenvalue weighted by molar-refractivity contribution is -0.118. The Morgan fingerprint density at radius 1 is 1.35 bits per heavy atom. The summed E-state index contributed by atoms with van der Waals surface area (Å²) in [7, 11) is -3.72. The first kappa shape index (κ1) is 15.9. The number of nitrogens with zero attached hydrogens (tertiary/aromatic N) is 1. The molecule has 7 nitrogen and oxygen atoms in total. The number of carbonyl (C=O) groups is 1. The van der Waals surface area contributed by atoms with Gasteiger partial charge in [-0.05, 0) is 31.0 Å². The SMILES string of the molecule is N#Cc1ccc(S(=O)(=O)NCCCCC(N)=O)c(N)c1. The Labute approximate surface area is 117 Å². The number of amides is 1. The molecule has 0 bridgehead atoms. The van der Waals surface area contributed by atoms with Crippen LogP contribution < -0.4 is 16.2 Å². The molecule has 0 unspecified atom stereocenters. The van der Waals surface area contributed by atoms with Crippen LogP contribution in [0.15, 0.2) is 23.1 Å². The summed E-state index contributed by atoms with van der Waals surface area (Å²) in [4.78, 5) is 10.5. The van der Waals surface area contributed by atoms with Crippen LogP contribution >= 0.6 is 0 Å². The van der Waals surface area contributed by atoms with Crippen molar-refractivity contribution in [3.63, 3.8) is 0 Å². The van der Waals surface area contributed by atoms with Gasteiger partial charge in [-0.1, -0.05) is 0 Å². The van der Waals surface area contributed by atoms with E-state index in [4.69, 9.17) is 16.7 Å². The quantitative estimate of drug-likeness (QED) is 0.482. The van der Waals surface area contributed by atoms with Gasteiger partial charge in [0, 0.05) is 13.0 Å². The van der Waals surface area contributed by atoms with E-state index in [1.165, 1.54) is 18.2 Å². The van der Waals surface area contributed by atoms with Crippen LogP contribution in [-0.4, -0.2) is 20.9 Å². The maximum absolute atomic E-state index is 12.0. The number of nitrogen functional groups attached to an aromatic ring is 1. The lowest BCUT2D eigenvalue weighted by atomic mass is 10.2. The molecule has 0 fully saturated rings. The third-order valence-electron chi connectivity index (χ3n) is 2.57. The van der Waals surface area contributed by atoms with Crippen LogP contribution in [0.3, 0.4) is 0 Å². The number of primary amides is 1. The third kappa shape index (κ3) is 4.53. The normalized spacial score (nSPS) is 10.9. The fourth-order valence-corrected chi connectivity index (χ4v) is 2.76. The molecule has 0 aliphatic rings. The van der Waals surface area contributed by atoms with Gasteiger partial charge in [0.2, 0.25) is 15.9 Å². The van der Waals surface area contributed by atoms with Crippen LogP contribution in [0.5, 0.6) is 0 Å². The molecule has 1 amide bonds. The summed E-state index contributed by atoms with van der Waals surface area (Å²) in [6, 6.07) is 5.86. The largest absolute Gasteiger partial charge is 0.398 e. The van der Waals surface area contributed by atoms with Crippen molar-refractivity contribution in [2.45, 2.75) is 24.2 Å². The Hall–Kier alpha value is -2.11. The van der Waals surface area contributed by atoms with Crippen molar-refractivity contribution in [2.75, 3.05) is 12.3 Å². The van der Waals surface area contributed by atoms with E-state index in [1.54, 1.807) is 0 Å². The van der Waals surface area contributed by atoms with Gasteiger partial charge < -0.3 is 11.5 Å². The van der Waals surface area contributed by atoms with Gasteiger partial charge >= 0.3 is 0 Å². The maximum atomic E-state index is 12.0. The average molecular weight is 296 g/mol. The lowest BCUT2D eigenvalue weighted by Crippen LogP contribution is -2.26. The first-order valence-electron chi connectivity index (χ1n) is 5.94. The lowest BCUT2D eigenvalue weighted by Gasteiger charge is -2.09. The molecule has 0 aliphatic carbocycles. The van der Waals surface area contributed by atoms with Crippen molar-refractivity contribution in [2.24, 2.45) is 5.73 Å². The van der Waals surface area contributed by atoms with Crippen LogP contribution in [0.4, 0.5) is 5.69 Å². The topological polar surface area (TPSA) is 139 Å². The van der Waals surface area contributed by atoms with Crippen molar-refractivity contribution < 1.29 is 13.2 Å². The number of sulfonamides is 1. The highest BCUT2D eigenvalue weighted by atomic mass is 32.2. The first-order valence-corrected chi connectivity index (χ1v) is 7.42. The molecule has 20 heavy (non-hydrogen) atoms. The molecule has 0 atom stereocenters. The van der Waals surface area contributed by atoms with Crippen molar-refractivity contribution >= 4 is 21.6 Å². The highest BCUT2D eigenvalue weighted by Crippen LogP contribution is 2.19. The molecule has 0 aromatic heterocycles. The van der Waals surface area contributed by atoms with Crippen molar-refractivity contribution in [3.05, 3.63) is 23.8 Å². The summed E-state index contributed by atoms with van der Waals surface area (Å²) in [6.45, 7) is 0.190. The summed E-state index contributed by atoms with van der Waals surface area (Å²) in [5, 5.41) is 8.69. The first-order chi connectivity index (χ1) is 9.36. The Kier molecular flexibility index (Phi) is 5.49. The Morgan fingerprint density at radius 2 is 2.05 bits per heavy atom. The van der Waals surface area contributed by atoms with E-state index in [9.17, 15) is 13.2 Å². The van der Waals surface area contributed by atoms with Crippen LogP contribution in [-0.2, 0) is 14.8 Å². The molecule has 0 saturated heterocycles. The molecule has 0 radical (unpaired) electrons. The van der Waals surface area contributed by atoms with Gasteiger partial charge in [0.25, 0.3) is 0 Å². The third-order valence-corrected chi connectivity index (χ3v) is 4.11. The minimum Gasteiger partial charge on any atom is -0.398 e. The second-order valence-electron chi connectivity index (χ2n) is 4.19. The number of hydrogen-bond donors (Lipinski definition) is 3. The Morgan fingerprint density at radius 3 is 2.60 bits per heavy atom. The maximum Gasteiger partial charge on any atom is 0.242 e. The zero-order chi connectivity index (χ0) is 15.2. The predicted octanol–water partition coefficient (Wildman–Crippen LogP) is 0.0744. The van der Waals surface area contributed by atoms with E-state index in [0.29, 0.717) is 18.4 Å². The number of benzene rings is 1. The zero-order valence-corrected chi connectivity index (χ0v) is 11.6. The number of rotatable bonds is 7. The fourth-order valence-electron chi connectivity index (χ4n) is 1.57. The van der Waals surface area contributed by atoms with Crippen LogP contribution in [0.1, 0.15) is 24.8 Å². The number of nitrogens with two attached hydrogens (primary N) is 2. The van der Waals surface area contributed by atoms with Crippen molar-refractivity contribution in [3.8, 4) is 6.07 Å². The molecule has 1 aromatic carbocycles. The minimum atomic E-state index is -3.72. The van der Waals surface area contributed by atoms with E-state index in [1.807, 2.05) is 6.07 Å². The summed E-state index contributed by atoms with van der Waals surface area (Å²) in [5.74, 6) is -0.413. The predicted molar refractivity (Wildman–Crippen MR) is 73.8 cm³/mol. The van der Waals surface area contributed by atoms with Crippen LogP contribution in [0, 0.1) is 11.3 Å². The Balaban J connectivity index is 2.65. The standard InChI is InChI=1S/C12H16N4O3S/c13-8-9-4-5-11(10(14)7-9)20(18,19)16-6-2-1-3-12(15)17/h4-5,7,16H,1-3,6,14H2,(H2,15,17). The average Bonchev–Trinajstić information content (AvgIpc) is 2.37. The van der Waals surface area contributed by atoms with E-state index < -0.39 is 15.9 Å². The molecule has 0 heterocycles. The molecular formula is C12H16N4O3S. The second-order valence-corrected chi connectivity index (χ2v) is 5.92. The highest BCUT2D eigenvalue weighted by Gasteiger charge is 2.16. The molecule has 1 rings (SSSR count). The van der Waals surface area contributed by atoms with Gasteiger partial charge in [-0.2, -0.15) is 5.26 Å². The molecule has 8 heteroatoms. The van der Waals surface area contributed by atoms with Crippen molar-refractivity contribution in [1.82, 2.24) is 4.72 Å². The minimum absolute atomic E-state index is 0.0219. The van der Waals surface area contributed by atoms with Crippen LogP contribution in [0.25, 0.3) is 0 Å². The summed E-state index contributed by atoms with van der Waals surface area (Å²) >= 11 is 0. The van der Waals surface area contributed by atoms with E-state index >= 15 is 0 Å². The highest BCUT2D eigenvalue weighted by molar-refractivity contribution is 7.89. The summed E-state index contributed by atoms with van der Waals surface area (Å²) in [6.07, 6.45) is 1.24.